The third-order valence-corrected chi connectivity index (χ3v) is 6.61. The molecule has 7 atom stereocenters. The Kier molecular flexibility index (Phi) is 6.70. The average Bonchev–Trinajstić information content (AvgIpc) is 2.93. The van der Waals surface area contributed by atoms with Crippen molar-refractivity contribution in [1.29, 1.82) is 0 Å². The highest BCUT2D eigenvalue weighted by Crippen LogP contribution is 2.49. The molecule has 1 heterocycles. The topological polar surface area (TPSA) is 27.7 Å². The van der Waals surface area contributed by atoms with E-state index in [2.05, 4.69) is 13.8 Å². The third-order valence-electron chi connectivity index (χ3n) is 5.99. The SMILES string of the molecule is CCCCOC1CCC2C(C1)OC1C(S)C(OCCC)CCC21. The third kappa shape index (κ3) is 4.08. The number of rotatable bonds is 7. The Morgan fingerprint density at radius 3 is 2.57 bits per heavy atom. The van der Waals surface area contributed by atoms with E-state index in [9.17, 15) is 0 Å². The van der Waals surface area contributed by atoms with Crippen LogP contribution in [0.15, 0.2) is 0 Å². The molecule has 4 heteroatoms. The first-order valence-electron chi connectivity index (χ1n) is 9.81. The molecule has 1 saturated heterocycles. The largest absolute Gasteiger partial charge is 0.378 e. The van der Waals surface area contributed by atoms with Gasteiger partial charge in [0, 0.05) is 19.6 Å². The molecule has 3 nitrogen and oxygen atoms in total. The van der Waals surface area contributed by atoms with Crippen LogP contribution < -0.4 is 0 Å². The fourth-order valence-electron chi connectivity index (χ4n) is 4.76. The fourth-order valence-corrected chi connectivity index (χ4v) is 5.28. The number of fused-ring (bicyclic) bond motifs is 3. The van der Waals surface area contributed by atoms with Crippen molar-refractivity contribution in [2.45, 2.75) is 94.9 Å². The Morgan fingerprint density at radius 2 is 1.78 bits per heavy atom. The summed E-state index contributed by atoms with van der Waals surface area (Å²) in [4.78, 5) is 0. The lowest BCUT2D eigenvalue weighted by Crippen LogP contribution is -2.44. The Hall–Kier alpha value is 0.230. The molecule has 2 aliphatic carbocycles. The van der Waals surface area contributed by atoms with Gasteiger partial charge in [-0.05, 0) is 50.4 Å². The highest BCUT2D eigenvalue weighted by Gasteiger charge is 2.52. The summed E-state index contributed by atoms with van der Waals surface area (Å²) in [6.07, 6.45) is 10.8. The van der Waals surface area contributed by atoms with Crippen LogP contribution in [0, 0.1) is 11.8 Å². The molecule has 0 amide bonds. The molecule has 3 fully saturated rings. The molecule has 2 saturated carbocycles. The Labute approximate surface area is 147 Å². The van der Waals surface area contributed by atoms with Crippen molar-refractivity contribution in [3.63, 3.8) is 0 Å². The van der Waals surface area contributed by atoms with Gasteiger partial charge in [-0.3, -0.25) is 0 Å². The Bertz CT molecular complexity index is 365. The van der Waals surface area contributed by atoms with Crippen LogP contribution in [0.3, 0.4) is 0 Å². The van der Waals surface area contributed by atoms with Gasteiger partial charge in [-0.2, -0.15) is 12.6 Å². The van der Waals surface area contributed by atoms with Crippen molar-refractivity contribution >= 4 is 12.6 Å². The monoisotopic (exact) mass is 342 g/mol. The summed E-state index contributed by atoms with van der Waals surface area (Å²) in [7, 11) is 0. The molecule has 0 aromatic heterocycles. The van der Waals surface area contributed by atoms with Gasteiger partial charge in [-0.25, -0.2) is 0 Å². The Morgan fingerprint density at radius 1 is 0.957 bits per heavy atom. The second kappa shape index (κ2) is 8.55. The van der Waals surface area contributed by atoms with Crippen LogP contribution >= 0.6 is 12.6 Å². The average molecular weight is 343 g/mol. The number of unbranched alkanes of at least 4 members (excludes halogenated alkanes) is 1. The standard InChI is InChI=1S/C19H34O3S/c1-3-5-11-20-13-6-7-14-15-8-9-16(21-10-4-2)19(23)18(15)22-17(14)12-13/h13-19,23H,3-12H2,1-2H3. The van der Waals surface area contributed by atoms with Crippen molar-refractivity contribution in [3.8, 4) is 0 Å². The van der Waals surface area contributed by atoms with E-state index in [-0.39, 0.29) is 11.4 Å². The first kappa shape index (κ1) is 18.0. The van der Waals surface area contributed by atoms with Gasteiger partial charge in [0.05, 0.1) is 29.7 Å². The minimum absolute atomic E-state index is 0.241. The molecule has 0 spiro atoms. The highest BCUT2D eigenvalue weighted by molar-refractivity contribution is 7.81. The number of hydrogen-bond acceptors (Lipinski definition) is 4. The lowest BCUT2D eigenvalue weighted by Gasteiger charge is -2.38. The van der Waals surface area contributed by atoms with Crippen LogP contribution in [-0.4, -0.2) is 42.9 Å². The first-order chi connectivity index (χ1) is 11.2. The first-order valence-corrected chi connectivity index (χ1v) is 10.3. The van der Waals surface area contributed by atoms with Crippen LogP contribution in [0.25, 0.3) is 0 Å². The van der Waals surface area contributed by atoms with E-state index in [1.165, 1.54) is 32.1 Å². The second-order valence-electron chi connectivity index (χ2n) is 7.60. The maximum Gasteiger partial charge on any atom is 0.0751 e. The summed E-state index contributed by atoms with van der Waals surface area (Å²) in [5.41, 5.74) is 0. The van der Waals surface area contributed by atoms with Gasteiger partial charge >= 0.3 is 0 Å². The molecule has 3 aliphatic rings. The molecule has 23 heavy (non-hydrogen) atoms. The molecule has 0 radical (unpaired) electrons. The van der Waals surface area contributed by atoms with Gasteiger partial charge in [0.2, 0.25) is 0 Å². The minimum atomic E-state index is 0.241. The fraction of sp³-hybridized carbons (Fsp3) is 1.00. The maximum atomic E-state index is 6.49. The summed E-state index contributed by atoms with van der Waals surface area (Å²) >= 11 is 4.89. The van der Waals surface area contributed by atoms with E-state index in [0.717, 1.165) is 38.4 Å². The lowest BCUT2D eigenvalue weighted by molar-refractivity contribution is -0.0638. The summed E-state index contributed by atoms with van der Waals surface area (Å²) in [5, 5.41) is 0.241. The van der Waals surface area contributed by atoms with E-state index in [0.29, 0.717) is 24.2 Å². The van der Waals surface area contributed by atoms with Crippen LogP contribution in [0.4, 0.5) is 0 Å². The molecular formula is C19H34O3S. The normalized spacial score (nSPS) is 43.2. The number of ether oxygens (including phenoxy) is 3. The molecule has 3 rings (SSSR count). The molecule has 134 valence electrons. The zero-order chi connectivity index (χ0) is 16.2. The van der Waals surface area contributed by atoms with E-state index >= 15 is 0 Å². The molecule has 7 unspecified atom stereocenters. The van der Waals surface area contributed by atoms with Gasteiger partial charge in [0.25, 0.3) is 0 Å². The van der Waals surface area contributed by atoms with Gasteiger partial charge in [0.1, 0.15) is 0 Å². The Balaban J connectivity index is 1.53. The lowest BCUT2D eigenvalue weighted by atomic mass is 9.72. The highest BCUT2D eigenvalue weighted by atomic mass is 32.1. The van der Waals surface area contributed by atoms with Crippen LogP contribution in [-0.2, 0) is 14.2 Å². The van der Waals surface area contributed by atoms with Crippen molar-refractivity contribution < 1.29 is 14.2 Å². The zero-order valence-electron chi connectivity index (χ0n) is 14.8. The summed E-state index contributed by atoms with van der Waals surface area (Å²) < 4.78 is 18.6. The van der Waals surface area contributed by atoms with Gasteiger partial charge in [-0.1, -0.05) is 20.3 Å². The summed E-state index contributed by atoms with van der Waals surface area (Å²) in [6.45, 7) is 6.14. The maximum absolute atomic E-state index is 6.49. The molecule has 0 aromatic carbocycles. The van der Waals surface area contributed by atoms with Crippen LogP contribution in [0.2, 0.25) is 0 Å². The molecule has 0 bridgehead atoms. The van der Waals surface area contributed by atoms with E-state index in [1.54, 1.807) is 0 Å². The number of hydrogen-bond donors (Lipinski definition) is 1. The van der Waals surface area contributed by atoms with Gasteiger partial charge in [-0.15, -0.1) is 0 Å². The van der Waals surface area contributed by atoms with Gasteiger partial charge in [0.15, 0.2) is 0 Å². The molecule has 0 N–H and O–H groups in total. The van der Waals surface area contributed by atoms with Gasteiger partial charge < -0.3 is 14.2 Å². The summed E-state index contributed by atoms with van der Waals surface area (Å²) in [5.74, 6) is 1.42. The van der Waals surface area contributed by atoms with Crippen molar-refractivity contribution in [3.05, 3.63) is 0 Å². The zero-order valence-corrected chi connectivity index (χ0v) is 15.7. The van der Waals surface area contributed by atoms with Crippen LogP contribution in [0.1, 0.15) is 65.2 Å². The summed E-state index contributed by atoms with van der Waals surface area (Å²) in [6, 6.07) is 0. The molecule has 1 aliphatic heterocycles. The smallest absolute Gasteiger partial charge is 0.0751 e. The van der Waals surface area contributed by atoms with Crippen molar-refractivity contribution in [2.75, 3.05) is 13.2 Å². The van der Waals surface area contributed by atoms with Crippen molar-refractivity contribution in [1.82, 2.24) is 0 Å². The van der Waals surface area contributed by atoms with E-state index < -0.39 is 0 Å². The molecular weight excluding hydrogens is 308 g/mol. The quantitative estimate of drug-likeness (QED) is 0.554. The van der Waals surface area contributed by atoms with Crippen LogP contribution in [0.5, 0.6) is 0 Å². The van der Waals surface area contributed by atoms with E-state index in [4.69, 9.17) is 26.8 Å². The predicted octanol–water partition coefficient (Wildman–Crippen LogP) is 4.24. The number of thiol groups is 1. The second-order valence-corrected chi connectivity index (χ2v) is 8.20. The molecule has 0 aromatic rings. The van der Waals surface area contributed by atoms with E-state index in [1.807, 2.05) is 0 Å². The minimum Gasteiger partial charge on any atom is -0.378 e. The predicted molar refractivity (Wildman–Crippen MR) is 96.2 cm³/mol. The van der Waals surface area contributed by atoms with Crippen molar-refractivity contribution in [2.24, 2.45) is 11.8 Å².